The zero-order valence-electron chi connectivity index (χ0n) is 16.5. The summed E-state index contributed by atoms with van der Waals surface area (Å²) in [5.74, 6) is -0.114. The summed E-state index contributed by atoms with van der Waals surface area (Å²) in [6.45, 7) is 15.4. The smallest absolute Gasteiger partial charge is 0.407 e. The van der Waals surface area contributed by atoms with Gasteiger partial charge in [0.1, 0.15) is 11.2 Å². The van der Waals surface area contributed by atoms with Crippen molar-refractivity contribution in [2.75, 3.05) is 20.2 Å². The van der Waals surface area contributed by atoms with E-state index in [1.165, 1.54) is 7.11 Å². The van der Waals surface area contributed by atoms with Gasteiger partial charge in [0.2, 0.25) is 0 Å². The van der Waals surface area contributed by atoms with Gasteiger partial charge in [0.05, 0.1) is 0 Å². The van der Waals surface area contributed by atoms with Crippen LogP contribution in [0.3, 0.4) is 0 Å². The molecule has 0 aliphatic heterocycles. The highest BCUT2D eigenvalue weighted by atomic mass is 16.6. The summed E-state index contributed by atoms with van der Waals surface area (Å²) >= 11 is 0. The number of carbonyl (C=O) groups is 2. The monoisotopic (exact) mass is 344 g/mol. The largest absolute Gasteiger partial charge is 0.444 e. The molecule has 0 bridgehead atoms. The Morgan fingerprint density at radius 2 is 1.46 bits per heavy atom. The molecule has 0 atom stereocenters. The van der Waals surface area contributed by atoms with Gasteiger partial charge in [-0.2, -0.15) is 0 Å². The maximum absolute atomic E-state index is 11.7. The lowest BCUT2D eigenvalue weighted by atomic mass is 10.1. The Balaban J connectivity index is 0. The number of rotatable bonds is 8. The van der Waals surface area contributed by atoms with E-state index in [1.807, 2.05) is 27.7 Å². The lowest BCUT2D eigenvalue weighted by Crippen LogP contribution is -2.43. The van der Waals surface area contributed by atoms with E-state index in [1.54, 1.807) is 19.9 Å². The molecule has 0 rings (SSSR count). The molecule has 0 heterocycles. The third-order valence-electron chi connectivity index (χ3n) is 2.86. The summed E-state index contributed by atoms with van der Waals surface area (Å²) in [4.78, 5) is 23.1. The molecule has 0 saturated heterocycles. The second-order valence-corrected chi connectivity index (χ2v) is 6.87. The standard InChI is InChI=1S/C15H30N2O4.C3H6/c1-14(2,3)21-13(19)17-11-9-7-8-10-16-12(18)15(4,5)20-6;1-3-2/h7-11H2,1-6H3,(H,16,18)(H,17,19);3H,1H2,2H3. The van der Waals surface area contributed by atoms with Crippen LogP contribution in [-0.2, 0) is 14.3 Å². The van der Waals surface area contributed by atoms with E-state index >= 15 is 0 Å². The summed E-state index contributed by atoms with van der Waals surface area (Å²) in [6.07, 6.45) is 3.99. The fourth-order valence-corrected chi connectivity index (χ4v) is 1.44. The van der Waals surface area contributed by atoms with Crippen LogP contribution in [0.5, 0.6) is 0 Å². The first-order valence-corrected chi connectivity index (χ1v) is 8.37. The van der Waals surface area contributed by atoms with Crippen molar-refractivity contribution < 1.29 is 19.1 Å². The van der Waals surface area contributed by atoms with Crippen LogP contribution in [0.2, 0.25) is 0 Å². The van der Waals surface area contributed by atoms with Gasteiger partial charge in [-0.1, -0.05) is 6.08 Å². The van der Waals surface area contributed by atoms with Crippen LogP contribution in [0, 0.1) is 0 Å². The highest BCUT2D eigenvalue weighted by Crippen LogP contribution is 2.07. The van der Waals surface area contributed by atoms with Crippen LogP contribution in [0.1, 0.15) is 60.8 Å². The van der Waals surface area contributed by atoms with Gasteiger partial charge in [0.25, 0.3) is 5.91 Å². The number of alkyl carbamates (subject to hydrolysis) is 1. The summed E-state index contributed by atoms with van der Waals surface area (Å²) in [6, 6.07) is 0. The van der Waals surface area contributed by atoms with E-state index in [2.05, 4.69) is 17.2 Å². The number of unbranched alkanes of at least 4 members (excludes halogenated alkanes) is 2. The summed E-state index contributed by atoms with van der Waals surface area (Å²) in [5.41, 5.74) is -1.26. The van der Waals surface area contributed by atoms with E-state index in [0.717, 1.165) is 19.3 Å². The Kier molecular flexibility index (Phi) is 13.2. The van der Waals surface area contributed by atoms with Gasteiger partial charge in [-0.25, -0.2) is 4.79 Å². The zero-order chi connectivity index (χ0) is 19.2. The van der Waals surface area contributed by atoms with Crippen LogP contribution < -0.4 is 10.6 Å². The average Bonchev–Trinajstić information content (AvgIpc) is 2.44. The van der Waals surface area contributed by atoms with E-state index in [0.29, 0.717) is 13.1 Å². The molecule has 0 aliphatic rings. The molecule has 0 aromatic rings. The minimum absolute atomic E-state index is 0.114. The Labute approximate surface area is 147 Å². The summed E-state index contributed by atoms with van der Waals surface area (Å²) in [5, 5.41) is 5.53. The van der Waals surface area contributed by atoms with Crippen molar-refractivity contribution in [3.8, 4) is 0 Å². The predicted molar refractivity (Wildman–Crippen MR) is 98.1 cm³/mol. The molecule has 6 heteroatoms. The molecule has 0 spiro atoms. The topological polar surface area (TPSA) is 76.7 Å². The number of hydrogen-bond acceptors (Lipinski definition) is 4. The van der Waals surface area contributed by atoms with Gasteiger partial charge in [-0.05, 0) is 60.8 Å². The Morgan fingerprint density at radius 3 is 1.88 bits per heavy atom. The maximum atomic E-state index is 11.7. The van der Waals surface area contributed by atoms with Crippen LogP contribution >= 0.6 is 0 Å². The molecular weight excluding hydrogens is 308 g/mol. The second kappa shape index (κ2) is 12.8. The quantitative estimate of drug-likeness (QED) is 0.522. The SMILES string of the molecule is C=CC.COC(C)(C)C(=O)NCCCCCNC(=O)OC(C)(C)C. The van der Waals surface area contributed by atoms with Gasteiger partial charge in [0, 0.05) is 20.2 Å². The number of methoxy groups -OCH3 is 1. The Bertz CT molecular complexity index is 374. The summed E-state index contributed by atoms with van der Waals surface area (Å²) < 4.78 is 10.2. The lowest BCUT2D eigenvalue weighted by Gasteiger charge is -2.21. The van der Waals surface area contributed by atoms with Gasteiger partial charge >= 0.3 is 6.09 Å². The molecule has 0 aromatic carbocycles. The van der Waals surface area contributed by atoms with Crippen molar-refractivity contribution in [2.24, 2.45) is 0 Å². The van der Waals surface area contributed by atoms with Crippen LogP contribution in [-0.4, -0.2) is 43.4 Å². The second-order valence-electron chi connectivity index (χ2n) is 6.87. The highest BCUT2D eigenvalue weighted by Gasteiger charge is 2.26. The molecule has 0 fully saturated rings. The lowest BCUT2D eigenvalue weighted by molar-refractivity contribution is -0.139. The first-order valence-electron chi connectivity index (χ1n) is 8.37. The molecule has 142 valence electrons. The molecule has 2 N–H and O–H groups in total. The fourth-order valence-electron chi connectivity index (χ4n) is 1.44. The Hall–Kier alpha value is -1.56. The van der Waals surface area contributed by atoms with E-state index in [9.17, 15) is 9.59 Å². The normalized spacial score (nSPS) is 11.0. The molecule has 0 aromatic heterocycles. The molecule has 0 unspecified atom stereocenters. The van der Waals surface area contributed by atoms with Crippen molar-refractivity contribution in [1.29, 1.82) is 0 Å². The van der Waals surface area contributed by atoms with E-state index in [4.69, 9.17) is 9.47 Å². The molecule has 6 nitrogen and oxygen atoms in total. The third-order valence-corrected chi connectivity index (χ3v) is 2.86. The van der Waals surface area contributed by atoms with Crippen LogP contribution in [0.4, 0.5) is 4.79 Å². The average molecular weight is 344 g/mol. The van der Waals surface area contributed by atoms with Gasteiger partial charge < -0.3 is 20.1 Å². The number of ether oxygens (including phenoxy) is 2. The molecule has 0 aliphatic carbocycles. The summed E-state index contributed by atoms with van der Waals surface area (Å²) in [7, 11) is 1.52. The third kappa shape index (κ3) is 15.3. The molecular formula is C18H36N2O4. The first-order chi connectivity index (χ1) is 11.0. The predicted octanol–water partition coefficient (Wildman–Crippen LogP) is 3.41. The molecule has 0 saturated carbocycles. The number of allylic oxidation sites excluding steroid dienone is 1. The van der Waals surface area contributed by atoms with E-state index in [-0.39, 0.29) is 5.91 Å². The van der Waals surface area contributed by atoms with Gasteiger partial charge in [0.15, 0.2) is 0 Å². The number of nitrogens with one attached hydrogen (secondary N) is 2. The molecule has 24 heavy (non-hydrogen) atoms. The van der Waals surface area contributed by atoms with Gasteiger partial charge in [-0.3, -0.25) is 4.79 Å². The van der Waals surface area contributed by atoms with Gasteiger partial charge in [-0.15, -0.1) is 6.58 Å². The van der Waals surface area contributed by atoms with Crippen molar-refractivity contribution in [3.05, 3.63) is 12.7 Å². The van der Waals surface area contributed by atoms with Crippen LogP contribution in [0.25, 0.3) is 0 Å². The fraction of sp³-hybridized carbons (Fsp3) is 0.778. The van der Waals surface area contributed by atoms with Crippen molar-refractivity contribution in [2.45, 2.75) is 72.0 Å². The highest BCUT2D eigenvalue weighted by molar-refractivity contribution is 5.84. The number of hydrogen-bond donors (Lipinski definition) is 2. The van der Waals surface area contributed by atoms with Crippen molar-refractivity contribution >= 4 is 12.0 Å². The Morgan fingerprint density at radius 1 is 1.00 bits per heavy atom. The zero-order valence-corrected chi connectivity index (χ0v) is 16.5. The molecule has 0 radical (unpaired) electrons. The minimum atomic E-state index is -0.793. The van der Waals surface area contributed by atoms with Crippen molar-refractivity contribution in [1.82, 2.24) is 10.6 Å². The van der Waals surface area contributed by atoms with Crippen LogP contribution in [0.15, 0.2) is 12.7 Å². The first kappa shape index (κ1) is 24.7. The maximum Gasteiger partial charge on any atom is 0.407 e. The number of carbonyl (C=O) groups excluding carboxylic acids is 2. The van der Waals surface area contributed by atoms with Crippen molar-refractivity contribution in [3.63, 3.8) is 0 Å². The number of amides is 2. The molecule has 2 amide bonds. The minimum Gasteiger partial charge on any atom is -0.444 e. The van der Waals surface area contributed by atoms with E-state index < -0.39 is 17.3 Å².